The second kappa shape index (κ2) is 5.57. The van der Waals surface area contributed by atoms with Crippen molar-refractivity contribution < 1.29 is 4.79 Å². The molecule has 0 atom stereocenters. The third-order valence-corrected chi connectivity index (χ3v) is 3.90. The number of carbonyl (C=O) groups is 1. The predicted octanol–water partition coefficient (Wildman–Crippen LogP) is 3.37. The van der Waals surface area contributed by atoms with Crippen molar-refractivity contribution in [2.45, 2.75) is 39.7 Å². The van der Waals surface area contributed by atoms with Crippen molar-refractivity contribution in [2.24, 2.45) is 0 Å². The average molecular weight is 308 g/mol. The van der Waals surface area contributed by atoms with Gasteiger partial charge in [-0.15, -0.1) is 0 Å². The second-order valence-electron chi connectivity index (χ2n) is 6.61. The summed E-state index contributed by atoms with van der Waals surface area (Å²) in [6.45, 7) is 8.30. The maximum absolute atomic E-state index is 13.0. The number of ketones is 1. The Morgan fingerprint density at radius 3 is 2.65 bits per heavy atom. The normalized spacial score (nSPS) is 11.8. The van der Waals surface area contributed by atoms with E-state index in [2.05, 4.69) is 35.7 Å². The molecule has 0 aliphatic rings. The van der Waals surface area contributed by atoms with Crippen molar-refractivity contribution >= 4 is 16.8 Å². The largest absolute Gasteiger partial charge is 0.326 e. The van der Waals surface area contributed by atoms with E-state index in [4.69, 9.17) is 0 Å². The fraction of sp³-hybridized carbons (Fsp3) is 0.333. The number of carbonyl (C=O) groups excluding carboxylic acids is 1. The molecular formula is C18H20N4O. The van der Waals surface area contributed by atoms with Gasteiger partial charge >= 0.3 is 0 Å². The number of hydrogen-bond acceptors (Lipinski definition) is 4. The van der Waals surface area contributed by atoms with E-state index in [0.717, 1.165) is 23.0 Å². The molecule has 0 saturated heterocycles. The van der Waals surface area contributed by atoms with Crippen molar-refractivity contribution in [3.63, 3.8) is 0 Å². The Morgan fingerprint density at radius 1 is 1.17 bits per heavy atom. The van der Waals surface area contributed by atoms with Crippen LogP contribution >= 0.6 is 0 Å². The van der Waals surface area contributed by atoms with E-state index in [1.54, 1.807) is 18.6 Å². The fourth-order valence-electron chi connectivity index (χ4n) is 2.62. The molecule has 0 saturated carbocycles. The van der Waals surface area contributed by atoms with Crippen molar-refractivity contribution in [3.05, 3.63) is 53.9 Å². The summed E-state index contributed by atoms with van der Waals surface area (Å²) in [6, 6.07) is 1.90. The minimum absolute atomic E-state index is 0.0457. The highest BCUT2D eigenvalue weighted by Crippen LogP contribution is 2.27. The molecule has 0 bridgehead atoms. The highest BCUT2D eigenvalue weighted by atomic mass is 16.1. The maximum Gasteiger partial charge on any atom is 0.196 e. The molecule has 3 aromatic rings. The first-order valence-electron chi connectivity index (χ1n) is 7.72. The van der Waals surface area contributed by atoms with Crippen LogP contribution in [-0.4, -0.2) is 25.3 Å². The first kappa shape index (κ1) is 15.3. The smallest absolute Gasteiger partial charge is 0.196 e. The molecule has 0 aromatic carbocycles. The lowest BCUT2D eigenvalue weighted by Gasteiger charge is -2.21. The predicted molar refractivity (Wildman–Crippen MR) is 89.6 cm³/mol. The zero-order chi connectivity index (χ0) is 16.6. The Morgan fingerprint density at radius 2 is 1.96 bits per heavy atom. The van der Waals surface area contributed by atoms with Crippen molar-refractivity contribution in [1.82, 2.24) is 19.5 Å². The molecule has 3 aromatic heterocycles. The number of nitrogens with zero attached hydrogens (tertiary/aromatic N) is 4. The molecule has 5 nitrogen and oxygen atoms in total. The average Bonchev–Trinajstić information content (AvgIpc) is 2.94. The van der Waals surface area contributed by atoms with Gasteiger partial charge in [0.25, 0.3) is 0 Å². The van der Waals surface area contributed by atoms with Crippen molar-refractivity contribution in [2.75, 3.05) is 0 Å². The van der Waals surface area contributed by atoms with Crippen LogP contribution in [-0.2, 0) is 12.0 Å². The summed E-state index contributed by atoms with van der Waals surface area (Å²) in [5.41, 5.74) is 2.86. The van der Waals surface area contributed by atoms with E-state index in [1.165, 1.54) is 6.33 Å². The van der Waals surface area contributed by atoms with Gasteiger partial charge in [0, 0.05) is 41.3 Å². The monoisotopic (exact) mass is 308 g/mol. The standard InChI is InChI=1S/C18H20N4O/c1-5-12-6-13(8-19-7-12)16(23)15-10-22(18(2,3)4)17-14(15)9-20-11-21-17/h6-11H,5H2,1-4H3. The summed E-state index contributed by atoms with van der Waals surface area (Å²) in [4.78, 5) is 25.6. The minimum atomic E-state index is -0.172. The van der Waals surface area contributed by atoms with E-state index < -0.39 is 0 Å². The zero-order valence-electron chi connectivity index (χ0n) is 13.9. The topological polar surface area (TPSA) is 60.7 Å². The third-order valence-electron chi connectivity index (χ3n) is 3.90. The Balaban J connectivity index is 2.18. The first-order valence-corrected chi connectivity index (χ1v) is 7.72. The van der Waals surface area contributed by atoms with Crippen LogP contribution < -0.4 is 0 Å². The number of fused-ring (bicyclic) bond motifs is 1. The van der Waals surface area contributed by atoms with Gasteiger partial charge in [-0.2, -0.15) is 0 Å². The number of hydrogen-bond donors (Lipinski definition) is 0. The van der Waals surface area contributed by atoms with Crippen LogP contribution in [0.25, 0.3) is 11.0 Å². The van der Waals surface area contributed by atoms with Gasteiger partial charge in [0.1, 0.15) is 12.0 Å². The van der Waals surface area contributed by atoms with Gasteiger partial charge in [0.15, 0.2) is 5.78 Å². The number of rotatable bonds is 3. The van der Waals surface area contributed by atoms with Gasteiger partial charge < -0.3 is 4.57 Å². The van der Waals surface area contributed by atoms with E-state index >= 15 is 0 Å². The summed E-state index contributed by atoms with van der Waals surface area (Å²) >= 11 is 0. The molecule has 3 heterocycles. The summed E-state index contributed by atoms with van der Waals surface area (Å²) in [5.74, 6) is -0.0457. The molecule has 0 fully saturated rings. The van der Waals surface area contributed by atoms with Crippen LogP contribution in [0.4, 0.5) is 0 Å². The van der Waals surface area contributed by atoms with E-state index in [1.807, 2.05) is 23.8 Å². The van der Waals surface area contributed by atoms with Crippen LogP contribution in [0, 0.1) is 0 Å². The third kappa shape index (κ3) is 2.74. The lowest BCUT2D eigenvalue weighted by atomic mass is 10.0. The molecule has 3 rings (SSSR count). The fourth-order valence-corrected chi connectivity index (χ4v) is 2.62. The molecule has 23 heavy (non-hydrogen) atoms. The van der Waals surface area contributed by atoms with Gasteiger partial charge in [-0.05, 0) is 38.8 Å². The van der Waals surface area contributed by atoms with Gasteiger partial charge in [0.05, 0.1) is 5.56 Å². The van der Waals surface area contributed by atoms with Crippen LogP contribution in [0.3, 0.4) is 0 Å². The molecule has 0 amide bonds. The van der Waals surface area contributed by atoms with Gasteiger partial charge in [-0.25, -0.2) is 9.97 Å². The Kier molecular flexibility index (Phi) is 3.72. The molecule has 0 spiro atoms. The highest BCUT2D eigenvalue weighted by Gasteiger charge is 2.23. The van der Waals surface area contributed by atoms with E-state index in [0.29, 0.717) is 11.1 Å². The maximum atomic E-state index is 13.0. The summed E-state index contributed by atoms with van der Waals surface area (Å²) < 4.78 is 2.02. The number of pyridine rings is 1. The van der Waals surface area contributed by atoms with Crippen LogP contribution in [0.5, 0.6) is 0 Å². The molecule has 0 radical (unpaired) electrons. The number of aryl methyl sites for hydroxylation is 1. The van der Waals surface area contributed by atoms with Crippen LogP contribution in [0.1, 0.15) is 49.2 Å². The van der Waals surface area contributed by atoms with Gasteiger partial charge in [-0.1, -0.05) is 6.92 Å². The Bertz CT molecular complexity index is 874. The molecule has 118 valence electrons. The van der Waals surface area contributed by atoms with Crippen molar-refractivity contribution in [1.29, 1.82) is 0 Å². The minimum Gasteiger partial charge on any atom is -0.326 e. The van der Waals surface area contributed by atoms with Crippen LogP contribution in [0.2, 0.25) is 0 Å². The molecule has 0 aliphatic carbocycles. The molecule has 5 heteroatoms. The quantitative estimate of drug-likeness (QED) is 0.696. The highest BCUT2D eigenvalue weighted by molar-refractivity contribution is 6.15. The Hall–Kier alpha value is -2.56. The summed E-state index contributed by atoms with van der Waals surface area (Å²) in [6.07, 6.45) is 9.35. The molecule has 0 unspecified atom stereocenters. The van der Waals surface area contributed by atoms with E-state index in [9.17, 15) is 4.79 Å². The molecular weight excluding hydrogens is 288 g/mol. The summed E-state index contributed by atoms with van der Waals surface area (Å²) in [5, 5.41) is 0.773. The first-order chi connectivity index (χ1) is 10.9. The summed E-state index contributed by atoms with van der Waals surface area (Å²) in [7, 11) is 0. The number of aromatic nitrogens is 4. The van der Waals surface area contributed by atoms with Crippen molar-refractivity contribution in [3.8, 4) is 0 Å². The zero-order valence-corrected chi connectivity index (χ0v) is 13.9. The van der Waals surface area contributed by atoms with Crippen LogP contribution in [0.15, 0.2) is 37.2 Å². The SMILES string of the molecule is CCc1cncc(C(=O)c2cn(C(C)(C)C)c3ncncc23)c1. The van der Waals surface area contributed by atoms with Gasteiger partial charge in [-0.3, -0.25) is 9.78 Å². The lowest BCUT2D eigenvalue weighted by Crippen LogP contribution is -2.21. The lowest BCUT2D eigenvalue weighted by molar-refractivity contribution is 0.103. The second-order valence-corrected chi connectivity index (χ2v) is 6.61. The Labute approximate surface area is 135 Å². The molecule has 0 N–H and O–H groups in total. The van der Waals surface area contributed by atoms with E-state index in [-0.39, 0.29) is 11.3 Å². The van der Waals surface area contributed by atoms with Gasteiger partial charge in [0.2, 0.25) is 0 Å². The molecule has 0 aliphatic heterocycles.